The van der Waals surface area contributed by atoms with Gasteiger partial charge in [0.2, 0.25) is 0 Å². The number of alkyl halides is 1. The molecule has 1 aliphatic heterocycles. The summed E-state index contributed by atoms with van der Waals surface area (Å²) in [7, 11) is 1.26. The molecule has 0 spiro atoms. The third-order valence-electron chi connectivity index (χ3n) is 2.88. The lowest BCUT2D eigenvalue weighted by molar-refractivity contribution is -0.142. The van der Waals surface area contributed by atoms with Crippen LogP contribution in [0.25, 0.3) is 0 Å². The quantitative estimate of drug-likeness (QED) is 0.662. The van der Waals surface area contributed by atoms with E-state index >= 15 is 0 Å². The van der Waals surface area contributed by atoms with Crippen LogP contribution in [0.15, 0.2) is 0 Å². The Balaban J connectivity index is 2.33. The molecule has 0 aromatic heterocycles. The van der Waals surface area contributed by atoms with Gasteiger partial charge in [0.15, 0.2) is 0 Å². The Hall–Kier alpha value is -0.680. The minimum absolute atomic E-state index is 0.0296. The largest absolute Gasteiger partial charge is 0.468 e. The molecule has 1 heterocycles. The van der Waals surface area contributed by atoms with Crippen LogP contribution < -0.4 is 11.1 Å². The highest BCUT2D eigenvalue weighted by Gasteiger charge is 2.27. The highest BCUT2D eigenvalue weighted by Crippen LogP contribution is 2.22. The number of hydrogen-bond donors (Lipinski definition) is 2. The van der Waals surface area contributed by atoms with Crippen molar-refractivity contribution in [3.63, 3.8) is 0 Å². The van der Waals surface area contributed by atoms with Crippen molar-refractivity contribution in [2.75, 3.05) is 20.2 Å². The van der Waals surface area contributed by atoms with Crippen LogP contribution in [0, 0.1) is 5.92 Å². The summed E-state index contributed by atoms with van der Waals surface area (Å²) in [4.78, 5) is 11.0. The van der Waals surface area contributed by atoms with Gasteiger partial charge in [-0.15, -0.1) is 0 Å². The van der Waals surface area contributed by atoms with Crippen molar-refractivity contribution in [3.8, 4) is 0 Å². The maximum atomic E-state index is 13.7. The number of rotatable bonds is 4. The second kappa shape index (κ2) is 6.02. The molecule has 3 N–H and O–H groups in total. The fourth-order valence-corrected chi connectivity index (χ4v) is 1.89. The van der Waals surface area contributed by atoms with Crippen molar-refractivity contribution >= 4 is 5.97 Å². The van der Waals surface area contributed by atoms with E-state index in [-0.39, 0.29) is 12.3 Å². The van der Waals surface area contributed by atoms with Crippen LogP contribution in [0.5, 0.6) is 0 Å². The first-order valence-corrected chi connectivity index (χ1v) is 5.33. The number of ether oxygens (including phenoxy) is 1. The van der Waals surface area contributed by atoms with Gasteiger partial charge in [-0.05, 0) is 31.8 Å². The molecule has 0 amide bonds. The van der Waals surface area contributed by atoms with Gasteiger partial charge in [-0.3, -0.25) is 4.79 Å². The molecule has 0 aliphatic carbocycles. The van der Waals surface area contributed by atoms with E-state index in [1.165, 1.54) is 7.11 Å². The molecule has 0 aromatic carbocycles. The summed E-state index contributed by atoms with van der Waals surface area (Å²) in [5.41, 5.74) is 5.51. The molecule has 15 heavy (non-hydrogen) atoms. The molecule has 4 nitrogen and oxygen atoms in total. The number of halogens is 1. The van der Waals surface area contributed by atoms with Crippen LogP contribution in [-0.4, -0.2) is 38.4 Å². The molecule has 2 atom stereocenters. The van der Waals surface area contributed by atoms with Crippen LogP contribution in [-0.2, 0) is 9.53 Å². The monoisotopic (exact) mass is 218 g/mol. The summed E-state index contributed by atoms with van der Waals surface area (Å²) < 4.78 is 18.2. The molecular formula is C10H19FN2O2. The topological polar surface area (TPSA) is 64.3 Å². The lowest BCUT2D eigenvalue weighted by atomic mass is 9.90. The number of carbonyl (C=O) groups excluding carboxylic acids is 1. The van der Waals surface area contributed by atoms with E-state index in [0.717, 1.165) is 25.9 Å². The summed E-state index contributed by atoms with van der Waals surface area (Å²) >= 11 is 0. The summed E-state index contributed by atoms with van der Waals surface area (Å²) in [5, 5.41) is 3.17. The number of nitrogens with two attached hydrogens (primary N) is 1. The molecule has 1 aliphatic rings. The lowest BCUT2D eigenvalue weighted by Crippen LogP contribution is -2.39. The smallest absolute Gasteiger partial charge is 0.322 e. The fourth-order valence-electron chi connectivity index (χ4n) is 1.89. The second-order valence-corrected chi connectivity index (χ2v) is 3.97. The van der Waals surface area contributed by atoms with E-state index in [4.69, 9.17) is 5.73 Å². The molecule has 88 valence electrons. The normalized spacial score (nSPS) is 22.1. The standard InChI is InChI=1S/C10H19FN2O2/c1-15-10(14)9(12)6-8(11)7-2-4-13-5-3-7/h7-9,13H,2-6,12H2,1H3. The number of carbonyl (C=O) groups is 1. The average Bonchev–Trinajstić information content (AvgIpc) is 2.29. The van der Waals surface area contributed by atoms with E-state index in [9.17, 15) is 9.18 Å². The molecule has 1 saturated heterocycles. The number of piperidine rings is 1. The van der Waals surface area contributed by atoms with Gasteiger partial charge in [0.1, 0.15) is 12.2 Å². The van der Waals surface area contributed by atoms with Crippen molar-refractivity contribution in [2.24, 2.45) is 11.7 Å². The van der Waals surface area contributed by atoms with Gasteiger partial charge in [0.25, 0.3) is 0 Å². The van der Waals surface area contributed by atoms with E-state index in [2.05, 4.69) is 10.1 Å². The summed E-state index contributed by atoms with van der Waals surface area (Å²) in [6.45, 7) is 1.69. The van der Waals surface area contributed by atoms with Crippen LogP contribution >= 0.6 is 0 Å². The van der Waals surface area contributed by atoms with Crippen molar-refractivity contribution in [1.29, 1.82) is 0 Å². The number of methoxy groups -OCH3 is 1. The fraction of sp³-hybridized carbons (Fsp3) is 0.900. The highest BCUT2D eigenvalue weighted by molar-refractivity contribution is 5.75. The van der Waals surface area contributed by atoms with E-state index in [0.29, 0.717) is 0 Å². The van der Waals surface area contributed by atoms with E-state index < -0.39 is 18.2 Å². The molecular weight excluding hydrogens is 199 g/mol. The summed E-state index contributed by atoms with van der Waals surface area (Å²) in [5.74, 6) is -0.506. The second-order valence-electron chi connectivity index (χ2n) is 3.97. The zero-order valence-corrected chi connectivity index (χ0v) is 9.04. The molecule has 1 rings (SSSR count). The van der Waals surface area contributed by atoms with Crippen LogP contribution in [0.3, 0.4) is 0 Å². The predicted octanol–water partition coefficient (Wildman–Crippen LogP) is 0.214. The third kappa shape index (κ3) is 3.76. The first-order valence-electron chi connectivity index (χ1n) is 5.33. The zero-order valence-electron chi connectivity index (χ0n) is 9.04. The first kappa shape index (κ1) is 12.4. The summed E-state index contributed by atoms with van der Waals surface area (Å²) in [6.07, 6.45) is 0.697. The van der Waals surface area contributed by atoms with Crippen molar-refractivity contribution in [1.82, 2.24) is 5.32 Å². The van der Waals surface area contributed by atoms with Gasteiger partial charge in [-0.1, -0.05) is 0 Å². The van der Waals surface area contributed by atoms with Crippen molar-refractivity contribution in [2.45, 2.75) is 31.5 Å². The highest BCUT2D eigenvalue weighted by atomic mass is 19.1. The maximum Gasteiger partial charge on any atom is 0.322 e. The number of hydrogen-bond acceptors (Lipinski definition) is 4. The van der Waals surface area contributed by atoms with Gasteiger partial charge < -0.3 is 15.8 Å². The zero-order chi connectivity index (χ0) is 11.3. The minimum Gasteiger partial charge on any atom is -0.468 e. The average molecular weight is 218 g/mol. The number of esters is 1. The molecule has 5 heteroatoms. The van der Waals surface area contributed by atoms with Gasteiger partial charge in [0.05, 0.1) is 7.11 Å². The van der Waals surface area contributed by atoms with E-state index in [1.807, 2.05) is 0 Å². The number of nitrogens with one attached hydrogen (secondary N) is 1. The Morgan fingerprint density at radius 3 is 2.73 bits per heavy atom. The molecule has 2 unspecified atom stereocenters. The maximum absolute atomic E-state index is 13.7. The molecule has 1 fully saturated rings. The predicted molar refractivity (Wildman–Crippen MR) is 55.1 cm³/mol. The Morgan fingerprint density at radius 2 is 2.20 bits per heavy atom. The van der Waals surface area contributed by atoms with Crippen LogP contribution in [0.1, 0.15) is 19.3 Å². The minimum atomic E-state index is -0.999. The van der Waals surface area contributed by atoms with Gasteiger partial charge in [0, 0.05) is 6.42 Å². The molecule has 0 bridgehead atoms. The van der Waals surface area contributed by atoms with Crippen LogP contribution in [0.4, 0.5) is 4.39 Å². The van der Waals surface area contributed by atoms with Crippen molar-refractivity contribution in [3.05, 3.63) is 0 Å². The summed E-state index contributed by atoms with van der Waals surface area (Å²) in [6, 6.07) is -0.833. The first-order chi connectivity index (χ1) is 7.15. The molecule has 0 saturated carbocycles. The SMILES string of the molecule is COC(=O)C(N)CC(F)C1CCNCC1. The molecule has 0 aromatic rings. The van der Waals surface area contributed by atoms with Crippen molar-refractivity contribution < 1.29 is 13.9 Å². The Labute approximate surface area is 89.3 Å². The van der Waals surface area contributed by atoms with Crippen LogP contribution in [0.2, 0.25) is 0 Å². The Morgan fingerprint density at radius 1 is 1.60 bits per heavy atom. The lowest BCUT2D eigenvalue weighted by Gasteiger charge is -2.26. The Kier molecular flexibility index (Phi) is 4.98. The Bertz CT molecular complexity index is 208. The van der Waals surface area contributed by atoms with Gasteiger partial charge in [-0.25, -0.2) is 4.39 Å². The third-order valence-corrected chi connectivity index (χ3v) is 2.88. The van der Waals surface area contributed by atoms with E-state index in [1.54, 1.807) is 0 Å². The molecule has 0 radical (unpaired) electrons. The van der Waals surface area contributed by atoms with Gasteiger partial charge >= 0.3 is 5.97 Å². The van der Waals surface area contributed by atoms with Gasteiger partial charge in [-0.2, -0.15) is 0 Å².